The van der Waals surface area contributed by atoms with Crippen LogP contribution in [0.1, 0.15) is 30.3 Å². The molecular formula is C19H21Cl2N5O. The zero-order chi connectivity index (χ0) is 19.6. The summed E-state index contributed by atoms with van der Waals surface area (Å²) in [5.74, 6) is 0.599. The molecule has 27 heavy (non-hydrogen) atoms. The summed E-state index contributed by atoms with van der Waals surface area (Å²) in [6.07, 6.45) is 2.86. The molecule has 0 saturated heterocycles. The molecule has 142 valence electrons. The lowest BCUT2D eigenvalue weighted by Gasteiger charge is -2.09. The first-order valence-electron chi connectivity index (χ1n) is 8.73. The minimum atomic E-state index is -0.104. The molecule has 6 nitrogen and oxygen atoms in total. The van der Waals surface area contributed by atoms with E-state index in [4.69, 9.17) is 23.2 Å². The number of halogens is 2. The Morgan fingerprint density at radius 2 is 1.96 bits per heavy atom. The molecule has 0 spiro atoms. The van der Waals surface area contributed by atoms with Crippen LogP contribution in [0.2, 0.25) is 10.0 Å². The molecule has 0 radical (unpaired) electrons. The van der Waals surface area contributed by atoms with Crippen molar-refractivity contribution in [1.82, 2.24) is 19.6 Å². The maximum absolute atomic E-state index is 12.6. The van der Waals surface area contributed by atoms with Crippen molar-refractivity contribution in [3.8, 4) is 5.69 Å². The van der Waals surface area contributed by atoms with E-state index in [0.29, 0.717) is 15.9 Å². The molecule has 8 heteroatoms. The molecule has 3 aromatic rings. The maximum Gasteiger partial charge on any atom is 0.230 e. The number of carbonyl (C=O) groups is 1. The van der Waals surface area contributed by atoms with Crippen LogP contribution in [0.25, 0.3) is 5.69 Å². The van der Waals surface area contributed by atoms with Gasteiger partial charge < -0.3 is 5.32 Å². The molecule has 0 saturated carbocycles. The van der Waals surface area contributed by atoms with Gasteiger partial charge in [-0.25, -0.2) is 9.36 Å². The third-order valence-electron chi connectivity index (χ3n) is 4.35. The molecule has 1 N–H and O–H groups in total. The Labute approximate surface area is 168 Å². The molecular weight excluding hydrogens is 385 g/mol. The number of aryl methyl sites for hydroxylation is 2. The Morgan fingerprint density at radius 1 is 1.19 bits per heavy atom. The number of nitrogens with zero attached hydrogens (tertiary/aromatic N) is 4. The van der Waals surface area contributed by atoms with Crippen molar-refractivity contribution >= 4 is 34.9 Å². The summed E-state index contributed by atoms with van der Waals surface area (Å²) in [6, 6.07) is 7.14. The number of nitrogens with one attached hydrogen (secondary N) is 1. The molecule has 3 rings (SSSR count). The minimum Gasteiger partial charge on any atom is -0.311 e. The lowest BCUT2D eigenvalue weighted by atomic mass is 10.1. The monoisotopic (exact) mass is 405 g/mol. The Bertz CT molecular complexity index is 977. The zero-order valence-corrected chi connectivity index (χ0v) is 17.0. The van der Waals surface area contributed by atoms with Gasteiger partial charge in [-0.05, 0) is 38.5 Å². The van der Waals surface area contributed by atoms with Gasteiger partial charge in [0.1, 0.15) is 5.82 Å². The average Bonchev–Trinajstić information content (AvgIpc) is 3.17. The van der Waals surface area contributed by atoms with Crippen molar-refractivity contribution < 1.29 is 4.79 Å². The van der Waals surface area contributed by atoms with Gasteiger partial charge in [0.15, 0.2) is 0 Å². The molecule has 1 aromatic carbocycles. The second kappa shape index (κ2) is 8.15. The Morgan fingerprint density at radius 3 is 2.67 bits per heavy atom. The van der Waals surface area contributed by atoms with Crippen LogP contribution in [-0.2, 0) is 17.8 Å². The first kappa shape index (κ1) is 19.5. The van der Waals surface area contributed by atoms with Crippen molar-refractivity contribution in [2.75, 3.05) is 5.32 Å². The van der Waals surface area contributed by atoms with Gasteiger partial charge in [0, 0.05) is 23.9 Å². The third kappa shape index (κ3) is 4.17. The van der Waals surface area contributed by atoms with Crippen molar-refractivity contribution in [3.63, 3.8) is 0 Å². The number of carbonyl (C=O) groups excluding carboxylic acids is 1. The first-order chi connectivity index (χ1) is 12.9. The molecule has 0 fully saturated rings. The standard InChI is InChI=1S/C19H21Cl2N5O/c1-4-9-25-18(7-8-22-25)23-19(27)11-15-12(2)24-26(13(15)3)14-5-6-16(20)17(21)10-14/h5-8,10H,4,9,11H2,1-3H3,(H,23,27). The van der Waals surface area contributed by atoms with Gasteiger partial charge in [-0.1, -0.05) is 30.1 Å². The molecule has 0 unspecified atom stereocenters. The lowest BCUT2D eigenvalue weighted by Crippen LogP contribution is -2.18. The molecule has 0 bridgehead atoms. The lowest BCUT2D eigenvalue weighted by molar-refractivity contribution is -0.115. The van der Waals surface area contributed by atoms with Crippen molar-refractivity contribution in [2.45, 2.75) is 40.2 Å². The number of aromatic nitrogens is 4. The van der Waals surface area contributed by atoms with Gasteiger partial charge in [-0.3, -0.25) is 4.79 Å². The van der Waals surface area contributed by atoms with E-state index in [1.807, 2.05) is 19.9 Å². The van der Waals surface area contributed by atoms with E-state index in [0.717, 1.165) is 35.6 Å². The zero-order valence-electron chi connectivity index (χ0n) is 15.5. The topological polar surface area (TPSA) is 64.7 Å². The van der Waals surface area contributed by atoms with Gasteiger partial charge in [-0.2, -0.15) is 10.2 Å². The highest BCUT2D eigenvalue weighted by atomic mass is 35.5. The smallest absolute Gasteiger partial charge is 0.230 e. The molecule has 0 aliphatic carbocycles. The second-order valence-electron chi connectivity index (χ2n) is 6.32. The SMILES string of the molecule is CCCn1nccc1NC(=O)Cc1c(C)nn(-c2ccc(Cl)c(Cl)c2)c1C. The van der Waals surface area contributed by atoms with E-state index in [2.05, 4.69) is 22.4 Å². The van der Waals surface area contributed by atoms with Crippen LogP contribution in [0.5, 0.6) is 0 Å². The molecule has 1 amide bonds. The maximum atomic E-state index is 12.6. The van der Waals surface area contributed by atoms with Gasteiger partial charge in [-0.15, -0.1) is 0 Å². The molecule has 0 atom stereocenters. The van der Waals surface area contributed by atoms with E-state index in [-0.39, 0.29) is 12.3 Å². The highest BCUT2D eigenvalue weighted by molar-refractivity contribution is 6.42. The number of rotatable bonds is 6. The predicted molar refractivity (Wildman–Crippen MR) is 108 cm³/mol. The largest absolute Gasteiger partial charge is 0.311 e. The highest BCUT2D eigenvalue weighted by Gasteiger charge is 2.17. The van der Waals surface area contributed by atoms with Gasteiger partial charge in [0.2, 0.25) is 5.91 Å². The summed E-state index contributed by atoms with van der Waals surface area (Å²) < 4.78 is 3.57. The fraction of sp³-hybridized carbons (Fsp3) is 0.316. The van der Waals surface area contributed by atoms with E-state index in [9.17, 15) is 4.79 Å². The van der Waals surface area contributed by atoms with E-state index in [1.54, 1.807) is 33.8 Å². The number of hydrogen-bond donors (Lipinski definition) is 1. The van der Waals surface area contributed by atoms with Gasteiger partial charge in [0.25, 0.3) is 0 Å². The summed E-state index contributed by atoms with van der Waals surface area (Å²) in [4.78, 5) is 12.6. The van der Waals surface area contributed by atoms with Gasteiger partial charge >= 0.3 is 0 Å². The Hall–Kier alpha value is -2.31. The van der Waals surface area contributed by atoms with Crippen LogP contribution >= 0.6 is 23.2 Å². The molecule has 2 aromatic heterocycles. The number of hydrogen-bond acceptors (Lipinski definition) is 3. The summed E-state index contributed by atoms with van der Waals surface area (Å²) in [5.41, 5.74) is 3.39. The Kier molecular flexibility index (Phi) is 5.87. The third-order valence-corrected chi connectivity index (χ3v) is 5.08. The quantitative estimate of drug-likeness (QED) is 0.652. The van der Waals surface area contributed by atoms with Crippen molar-refractivity contribution in [3.05, 3.63) is 57.5 Å². The van der Waals surface area contributed by atoms with Crippen molar-refractivity contribution in [2.24, 2.45) is 0 Å². The molecule has 0 aliphatic heterocycles. The predicted octanol–water partition coefficient (Wildman–Crippen LogP) is 4.58. The van der Waals surface area contributed by atoms with Crippen LogP contribution in [-0.4, -0.2) is 25.5 Å². The fourth-order valence-corrected chi connectivity index (χ4v) is 3.27. The normalized spacial score (nSPS) is 11.0. The van der Waals surface area contributed by atoms with Crippen LogP contribution < -0.4 is 5.32 Å². The number of anilines is 1. The van der Waals surface area contributed by atoms with Gasteiger partial charge in [0.05, 0.1) is 34.0 Å². The minimum absolute atomic E-state index is 0.104. The van der Waals surface area contributed by atoms with Crippen LogP contribution in [0, 0.1) is 13.8 Å². The first-order valence-corrected chi connectivity index (χ1v) is 9.48. The summed E-state index contributed by atoms with van der Waals surface area (Å²) >= 11 is 12.1. The van der Waals surface area contributed by atoms with Crippen LogP contribution in [0.15, 0.2) is 30.5 Å². The molecule has 2 heterocycles. The average molecular weight is 406 g/mol. The van der Waals surface area contributed by atoms with E-state index in [1.165, 1.54) is 0 Å². The Balaban J connectivity index is 1.81. The molecule has 0 aliphatic rings. The van der Waals surface area contributed by atoms with Crippen molar-refractivity contribution in [1.29, 1.82) is 0 Å². The number of amides is 1. The second-order valence-corrected chi connectivity index (χ2v) is 7.14. The highest BCUT2D eigenvalue weighted by Crippen LogP contribution is 2.26. The van der Waals surface area contributed by atoms with Crippen LogP contribution in [0.3, 0.4) is 0 Å². The number of benzene rings is 1. The summed E-state index contributed by atoms with van der Waals surface area (Å²) in [6.45, 7) is 6.66. The summed E-state index contributed by atoms with van der Waals surface area (Å²) in [7, 11) is 0. The fourth-order valence-electron chi connectivity index (χ4n) is 2.98. The van der Waals surface area contributed by atoms with E-state index >= 15 is 0 Å². The summed E-state index contributed by atoms with van der Waals surface area (Å²) in [5, 5.41) is 12.7. The van der Waals surface area contributed by atoms with E-state index < -0.39 is 0 Å². The van der Waals surface area contributed by atoms with Crippen LogP contribution in [0.4, 0.5) is 5.82 Å².